The van der Waals surface area contributed by atoms with E-state index < -0.39 is 0 Å². The number of benzene rings is 2. The highest BCUT2D eigenvalue weighted by molar-refractivity contribution is 6.01. The number of likely N-dealkylation sites (tertiary alicyclic amines) is 1. The van der Waals surface area contributed by atoms with Crippen LogP contribution in [0.5, 0.6) is 5.75 Å². The topological polar surface area (TPSA) is 102 Å². The van der Waals surface area contributed by atoms with Gasteiger partial charge in [-0.3, -0.25) is 4.79 Å². The molecule has 8 nitrogen and oxygen atoms in total. The summed E-state index contributed by atoms with van der Waals surface area (Å²) < 4.78 is 10.1. The minimum absolute atomic E-state index is 0.0213. The van der Waals surface area contributed by atoms with Crippen molar-refractivity contribution in [3.8, 4) is 23.3 Å². The molecule has 0 radical (unpaired) electrons. The summed E-state index contributed by atoms with van der Waals surface area (Å²) in [5, 5.41) is 10.6. The van der Waals surface area contributed by atoms with Crippen LogP contribution in [0.2, 0.25) is 0 Å². The average Bonchev–Trinajstić information content (AvgIpc) is 3.58. The Balaban J connectivity index is 1.34. The standard InChI is InChI=1S/C29H30N6O2/c1-33-26-21(10-20(12-24(26)37-2)28(36)35-16-29(15-31)8-7-25(29)35)32-27(33)23-11-19-6-5-18(13-30)9-22(19)34(23)14-17-3-4-17/h5-6,9-12,17,25H,3-4,7-8,14-16,31H2,1-2H3/t25-,29+/m1/s1. The first-order valence-electron chi connectivity index (χ1n) is 13.1. The summed E-state index contributed by atoms with van der Waals surface area (Å²) in [4.78, 5) is 20.5. The van der Waals surface area contributed by atoms with Crippen LogP contribution in [-0.2, 0) is 13.6 Å². The van der Waals surface area contributed by atoms with Crippen LogP contribution in [0.25, 0.3) is 33.5 Å². The van der Waals surface area contributed by atoms with Crippen molar-refractivity contribution in [2.75, 3.05) is 20.2 Å². The lowest BCUT2D eigenvalue weighted by Crippen LogP contribution is -2.74. The molecule has 3 heterocycles. The molecule has 3 aliphatic rings. The number of aromatic nitrogens is 3. The number of nitriles is 1. The maximum atomic E-state index is 13.5. The van der Waals surface area contributed by atoms with E-state index in [4.69, 9.17) is 15.5 Å². The van der Waals surface area contributed by atoms with E-state index in [0.29, 0.717) is 29.3 Å². The number of nitrogens with two attached hydrogens (primary N) is 1. The minimum atomic E-state index is 0.0213. The zero-order valence-corrected chi connectivity index (χ0v) is 21.2. The quantitative estimate of drug-likeness (QED) is 0.436. The van der Waals surface area contributed by atoms with Crippen LogP contribution in [0.4, 0.5) is 0 Å². The number of ether oxygens (including phenoxy) is 1. The molecule has 0 bridgehead atoms. The number of rotatable bonds is 6. The van der Waals surface area contributed by atoms with Gasteiger partial charge in [0.25, 0.3) is 5.91 Å². The summed E-state index contributed by atoms with van der Waals surface area (Å²) in [6.45, 7) is 2.27. The Morgan fingerprint density at radius 2 is 2.08 bits per heavy atom. The van der Waals surface area contributed by atoms with Gasteiger partial charge in [-0.2, -0.15) is 5.26 Å². The highest BCUT2D eigenvalue weighted by atomic mass is 16.5. The largest absolute Gasteiger partial charge is 0.494 e. The maximum absolute atomic E-state index is 13.5. The van der Waals surface area contributed by atoms with Gasteiger partial charge in [-0.25, -0.2) is 4.98 Å². The number of piperidine rings is 1. The second kappa shape index (κ2) is 7.83. The summed E-state index contributed by atoms with van der Waals surface area (Å²) in [6.07, 6.45) is 4.58. The van der Waals surface area contributed by atoms with Crippen LogP contribution in [-0.4, -0.2) is 51.2 Å². The van der Waals surface area contributed by atoms with Crippen molar-refractivity contribution in [3.63, 3.8) is 0 Å². The van der Waals surface area contributed by atoms with Gasteiger partial charge in [-0.15, -0.1) is 0 Å². The third-order valence-electron chi connectivity index (χ3n) is 8.95. The molecule has 2 N–H and O–H groups in total. The molecule has 2 atom stereocenters. The molecule has 7 rings (SSSR count). The maximum Gasteiger partial charge on any atom is 0.254 e. The molecule has 2 saturated carbocycles. The first-order chi connectivity index (χ1) is 18.0. The number of methoxy groups -OCH3 is 1. The van der Waals surface area contributed by atoms with E-state index in [9.17, 15) is 10.1 Å². The fourth-order valence-electron chi connectivity index (χ4n) is 6.45. The van der Waals surface area contributed by atoms with Crippen molar-refractivity contribution < 1.29 is 9.53 Å². The van der Waals surface area contributed by atoms with Gasteiger partial charge in [0.2, 0.25) is 0 Å². The highest BCUT2D eigenvalue weighted by Crippen LogP contribution is 2.53. The van der Waals surface area contributed by atoms with Gasteiger partial charge in [-0.1, -0.05) is 6.07 Å². The number of carbonyl (C=O) groups excluding carboxylic acids is 1. The summed E-state index contributed by atoms with van der Waals surface area (Å²) in [5.41, 5.74) is 11.0. The zero-order valence-electron chi connectivity index (χ0n) is 21.2. The van der Waals surface area contributed by atoms with E-state index in [1.165, 1.54) is 12.8 Å². The van der Waals surface area contributed by atoms with Crippen molar-refractivity contribution in [2.24, 2.45) is 24.1 Å². The van der Waals surface area contributed by atoms with Crippen LogP contribution in [0, 0.1) is 22.7 Å². The number of fused-ring (bicyclic) bond motifs is 3. The molecule has 2 aromatic carbocycles. The number of amides is 1. The highest BCUT2D eigenvalue weighted by Gasteiger charge is 2.59. The van der Waals surface area contributed by atoms with Crippen molar-refractivity contribution in [1.29, 1.82) is 5.26 Å². The lowest BCUT2D eigenvalue weighted by Gasteiger charge is -2.64. The van der Waals surface area contributed by atoms with E-state index >= 15 is 0 Å². The van der Waals surface area contributed by atoms with Gasteiger partial charge < -0.3 is 24.5 Å². The van der Waals surface area contributed by atoms with E-state index in [-0.39, 0.29) is 17.4 Å². The third-order valence-corrected chi connectivity index (χ3v) is 8.95. The van der Waals surface area contributed by atoms with Gasteiger partial charge in [0, 0.05) is 54.6 Å². The minimum Gasteiger partial charge on any atom is -0.494 e. The van der Waals surface area contributed by atoms with E-state index in [0.717, 1.165) is 59.4 Å². The Morgan fingerprint density at radius 3 is 2.73 bits per heavy atom. The molecule has 3 fully saturated rings. The summed E-state index contributed by atoms with van der Waals surface area (Å²) in [5.74, 6) is 2.13. The normalized spacial score (nSPS) is 22.4. The molecule has 4 aromatic rings. The first kappa shape index (κ1) is 22.4. The summed E-state index contributed by atoms with van der Waals surface area (Å²) in [7, 11) is 3.63. The van der Waals surface area contributed by atoms with Gasteiger partial charge in [0.05, 0.1) is 30.0 Å². The second-order valence-electron chi connectivity index (χ2n) is 11.1. The van der Waals surface area contributed by atoms with Crippen LogP contribution >= 0.6 is 0 Å². The molecule has 2 aromatic heterocycles. The fourth-order valence-corrected chi connectivity index (χ4v) is 6.45. The van der Waals surface area contributed by atoms with Gasteiger partial charge in [0.1, 0.15) is 11.3 Å². The van der Waals surface area contributed by atoms with Crippen LogP contribution < -0.4 is 10.5 Å². The van der Waals surface area contributed by atoms with E-state index in [1.807, 2.05) is 42.3 Å². The summed E-state index contributed by atoms with van der Waals surface area (Å²) >= 11 is 0. The molecule has 1 aliphatic heterocycles. The Bertz CT molecular complexity index is 1630. The lowest BCUT2D eigenvalue weighted by molar-refractivity contribution is -0.117. The number of nitrogens with zero attached hydrogens (tertiary/aromatic N) is 5. The van der Waals surface area contributed by atoms with Gasteiger partial charge in [-0.05, 0) is 61.9 Å². The fraction of sp³-hybridized carbons (Fsp3) is 0.414. The molecular weight excluding hydrogens is 464 g/mol. The van der Waals surface area contributed by atoms with Crippen molar-refractivity contribution in [1.82, 2.24) is 19.0 Å². The summed E-state index contributed by atoms with van der Waals surface area (Å²) in [6, 6.07) is 14.3. The zero-order chi connectivity index (χ0) is 25.5. The van der Waals surface area contributed by atoms with Crippen LogP contribution in [0.15, 0.2) is 36.4 Å². The molecule has 1 amide bonds. The van der Waals surface area contributed by atoms with Crippen LogP contribution in [0.3, 0.4) is 0 Å². The monoisotopic (exact) mass is 494 g/mol. The third kappa shape index (κ3) is 3.17. The Kier molecular flexibility index (Phi) is 4.74. The molecule has 188 valence electrons. The van der Waals surface area contributed by atoms with Crippen molar-refractivity contribution in [3.05, 3.63) is 47.5 Å². The SMILES string of the molecule is COc1cc(C(=O)N2C[C@@]3(CN)CC[C@@H]23)cc2nc(-c3cc4ccc(C#N)cc4n3CC3CC3)n(C)c12. The second-order valence-corrected chi connectivity index (χ2v) is 11.1. The number of imidazole rings is 1. The van der Waals surface area contributed by atoms with Gasteiger partial charge in [0.15, 0.2) is 5.82 Å². The average molecular weight is 495 g/mol. The van der Waals surface area contributed by atoms with Crippen LogP contribution in [0.1, 0.15) is 41.6 Å². The molecule has 0 spiro atoms. The number of hydrogen-bond donors (Lipinski definition) is 1. The number of carbonyl (C=O) groups is 1. The van der Waals surface area contributed by atoms with Gasteiger partial charge >= 0.3 is 0 Å². The van der Waals surface area contributed by atoms with Crippen molar-refractivity contribution in [2.45, 2.75) is 38.3 Å². The molecular formula is C29H30N6O2. The van der Waals surface area contributed by atoms with Crippen molar-refractivity contribution >= 4 is 27.8 Å². The first-order valence-corrected chi connectivity index (χ1v) is 13.1. The predicted molar refractivity (Wildman–Crippen MR) is 141 cm³/mol. The molecule has 2 aliphatic carbocycles. The molecule has 37 heavy (non-hydrogen) atoms. The predicted octanol–water partition coefficient (Wildman–Crippen LogP) is 4.05. The number of hydrogen-bond acceptors (Lipinski definition) is 5. The van der Waals surface area contributed by atoms with E-state index in [2.05, 4.69) is 21.3 Å². The molecule has 0 unspecified atom stereocenters. The van der Waals surface area contributed by atoms with E-state index in [1.54, 1.807) is 7.11 Å². The number of aryl methyl sites for hydroxylation is 1. The molecule has 1 saturated heterocycles. The lowest BCUT2D eigenvalue weighted by atomic mass is 9.57. The smallest absolute Gasteiger partial charge is 0.254 e. The molecule has 8 heteroatoms. The Hall–Kier alpha value is -3.83. The Labute approximate surface area is 215 Å². The Morgan fingerprint density at radius 1 is 1.24 bits per heavy atom.